The first-order valence-electron chi connectivity index (χ1n) is 3.89. The van der Waals surface area contributed by atoms with Gasteiger partial charge in [-0.05, 0) is 27.5 Å². The van der Waals surface area contributed by atoms with Gasteiger partial charge in [0.25, 0.3) is 0 Å². The minimum atomic E-state index is -5.02. The molecule has 0 bridgehead atoms. The Labute approximate surface area is 106 Å². The minimum Gasteiger partial charge on any atom is -0.462 e. The molecule has 0 amide bonds. The lowest BCUT2D eigenvalue weighted by molar-refractivity contribution is -0.393. The van der Waals surface area contributed by atoms with E-state index in [-0.39, 0.29) is 9.45 Å². The molecule has 0 atom stereocenters. The number of hydrogen-bond acceptors (Lipinski definition) is 5. The van der Waals surface area contributed by atoms with E-state index in [0.29, 0.717) is 0 Å². The first kappa shape index (κ1) is 13.7. The lowest BCUT2D eigenvalue weighted by atomic mass is 10.4. The van der Waals surface area contributed by atoms with Crippen molar-refractivity contribution in [3.05, 3.63) is 19.8 Å². The minimum absolute atomic E-state index is 0.146. The van der Waals surface area contributed by atoms with Gasteiger partial charge in [0.05, 0.1) is 7.11 Å². The quantitative estimate of drug-likeness (QED) is 0.468. The maximum atomic E-state index is 12.0. The molecule has 1 heterocycles. The molecule has 17 heavy (non-hydrogen) atoms. The number of pyridine rings is 1. The van der Waals surface area contributed by atoms with E-state index in [4.69, 9.17) is 0 Å². The van der Waals surface area contributed by atoms with E-state index in [1.54, 1.807) is 22.6 Å². The summed E-state index contributed by atoms with van der Waals surface area (Å²) >= 11 is 1.62. The first-order valence-corrected chi connectivity index (χ1v) is 4.97. The molecular weight excluding hydrogens is 360 g/mol. The third-order valence-corrected chi connectivity index (χ3v) is 2.25. The first-order chi connectivity index (χ1) is 7.74. The van der Waals surface area contributed by atoms with E-state index in [9.17, 15) is 23.3 Å². The van der Waals surface area contributed by atoms with Gasteiger partial charge in [-0.2, -0.15) is 0 Å². The summed E-state index contributed by atoms with van der Waals surface area (Å²) in [5.41, 5.74) is 0. The smallest absolute Gasteiger partial charge is 0.462 e. The van der Waals surface area contributed by atoms with Gasteiger partial charge >= 0.3 is 18.1 Å². The molecule has 1 aromatic rings. The molecule has 0 radical (unpaired) electrons. The fraction of sp³-hybridized carbons (Fsp3) is 0.286. The molecule has 1 rings (SSSR count). The summed E-state index contributed by atoms with van der Waals surface area (Å²) in [4.78, 5) is 12.8. The van der Waals surface area contributed by atoms with E-state index >= 15 is 0 Å². The molecule has 0 aliphatic heterocycles. The van der Waals surface area contributed by atoms with Crippen LogP contribution < -0.4 is 9.47 Å². The van der Waals surface area contributed by atoms with Crippen molar-refractivity contribution in [2.24, 2.45) is 0 Å². The summed E-state index contributed by atoms with van der Waals surface area (Å²) in [6, 6.07) is 0.831. The number of hydrogen-bond donors (Lipinski definition) is 0. The molecule has 6 nitrogen and oxygen atoms in total. The van der Waals surface area contributed by atoms with Crippen molar-refractivity contribution in [2.75, 3.05) is 7.11 Å². The van der Waals surface area contributed by atoms with Crippen molar-refractivity contribution in [3.63, 3.8) is 0 Å². The summed E-state index contributed by atoms with van der Waals surface area (Å²) in [6.45, 7) is 0. The molecule has 94 valence electrons. The zero-order chi connectivity index (χ0) is 13.2. The average molecular weight is 364 g/mol. The van der Waals surface area contributed by atoms with Gasteiger partial charge in [-0.25, -0.2) is 0 Å². The van der Waals surface area contributed by atoms with Gasteiger partial charge in [0, 0.05) is 11.1 Å². The highest BCUT2D eigenvalue weighted by atomic mass is 127. The standard InChI is InChI=1S/C7H4F3IN2O4/c1-16-6-3(11)2-4(17-7(8,9)10)5(12-6)13(14)15/h2H,1H3. The third kappa shape index (κ3) is 3.57. The van der Waals surface area contributed by atoms with Gasteiger partial charge in [-0.3, -0.25) is 0 Å². The highest BCUT2D eigenvalue weighted by molar-refractivity contribution is 14.1. The van der Waals surface area contributed by atoms with Crippen LogP contribution in [0.3, 0.4) is 0 Å². The Bertz CT molecular complexity index is 451. The van der Waals surface area contributed by atoms with Crippen molar-refractivity contribution in [1.29, 1.82) is 0 Å². The number of ether oxygens (including phenoxy) is 2. The van der Waals surface area contributed by atoms with Gasteiger partial charge in [0.15, 0.2) is 0 Å². The van der Waals surface area contributed by atoms with Crippen LogP contribution in [-0.4, -0.2) is 23.4 Å². The number of halogens is 4. The van der Waals surface area contributed by atoms with Crippen LogP contribution >= 0.6 is 22.6 Å². The largest absolute Gasteiger partial charge is 0.573 e. The van der Waals surface area contributed by atoms with E-state index in [2.05, 4.69) is 14.5 Å². The summed E-state index contributed by atoms with van der Waals surface area (Å²) in [6.07, 6.45) is -5.02. The number of rotatable bonds is 3. The highest BCUT2D eigenvalue weighted by Gasteiger charge is 2.36. The summed E-state index contributed by atoms with van der Waals surface area (Å²) in [5, 5.41) is 10.5. The Kier molecular flexibility index (Phi) is 3.95. The number of alkyl halides is 3. The number of aromatic nitrogens is 1. The highest BCUT2D eigenvalue weighted by Crippen LogP contribution is 2.34. The maximum Gasteiger partial charge on any atom is 0.573 e. The molecule has 0 aliphatic carbocycles. The Morgan fingerprint density at radius 3 is 2.53 bits per heavy atom. The lowest BCUT2D eigenvalue weighted by Gasteiger charge is -2.09. The zero-order valence-electron chi connectivity index (χ0n) is 8.12. The van der Waals surface area contributed by atoms with Crippen LogP contribution in [0.5, 0.6) is 11.6 Å². The van der Waals surface area contributed by atoms with E-state index in [0.717, 1.165) is 6.07 Å². The zero-order valence-corrected chi connectivity index (χ0v) is 10.3. The SMILES string of the molecule is COc1nc([N+](=O)[O-])c(OC(F)(F)F)cc1I. The normalized spacial score (nSPS) is 11.1. The van der Waals surface area contributed by atoms with Crippen LogP contribution in [0.2, 0.25) is 0 Å². The predicted octanol–water partition coefficient (Wildman–Crippen LogP) is 2.50. The monoisotopic (exact) mass is 364 g/mol. The number of nitro groups is 1. The third-order valence-electron chi connectivity index (χ3n) is 1.48. The molecular formula is C7H4F3IN2O4. The molecule has 10 heteroatoms. The molecule has 0 spiro atoms. The van der Waals surface area contributed by atoms with Crippen LogP contribution in [0.15, 0.2) is 6.07 Å². The molecule has 0 saturated carbocycles. The number of nitrogens with zero attached hydrogens (tertiary/aromatic N) is 2. The fourth-order valence-corrected chi connectivity index (χ4v) is 1.54. The second-order valence-corrected chi connectivity index (χ2v) is 3.77. The molecule has 0 unspecified atom stereocenters. The Morgan fingerprint density at radius 2 is 2.12 bits per heavy atom. The lowest BCUT2D eigenvalue weighted by Crippen LogP contribution is -2.18. The predicted molar refractivity (Wildman–Crippen MR) is 56.8 cm³/mol. The maximum absolute atomic E-state index is 12.0. The molecule has 0 saturated heterocycles. The summed E-state index contributed by atoms with van der Waals surface area (Å²) < 4.78 is 44.3. The molecule has 0 aliphatic rings. The number of methoxy groups -OCH3 is 1. The molecule has 0 fully saturated rings. The second kappa shape index (κ2) is 4.89. The van der Waals surface area contributed by atoms with Gasteiger partial charge in [-0.1, -0.05) is 0 Å². The summed E-state index contributed by atoms with van der Waals surface area (Å²) in [7, 11) is 1.19. The van der Waals surface area contributed by atoms with Crippen LogP contribution in [0.1, 0.15) is 0 Å². The van der Waals surface area contributed by atoms with E-state index < -0.39 is 22.9 Å². The van der Waals surface area contributed by atoms with Crippen LogP contribution in [-0.2, 0) is 0 Å². The van der Waals surface area contributed by atoms with Crippen molar-refractivity contribution in [2.45, 2.75) is 6.36 Å². The second-order valence-electron chi connectivity index (χ2n) is 2.61. The van der Waals surface area contributed by atoms with Gasteiger partial charge in [0.1, 0.15) is 3.57 Å². The van der Waals surface area contributed by atoms with E-state index in [1.807, 2.05) is 0 Å². The fourth-order valence-electron chi connectivity index (χ4n) is 0.920. The topological polar surface area (TPSA) is 74.5 Å². The van der Waals surface area contributed by atoms with Crippen LogP contribution in [0.25, 0.3) is 0 Å². The Balaban J connectivity index is 3.28. The van der Waals surface area contributed by atoms with Crippen molar-refractivity contribution in [3.8, 4) is 11.6 Å². The van der Waals surface area contributed by atoms with E-state index in [1.165, 1.54) is 7.11 Å². The molecule has 0 N–H and O–H groups in total. The van der Waals surface area contributed by atoms with Gasteiger partial charge < -0.3 is 19.6 Å². The van der Waals surface area contributed by atoms with Gasteiger partial charge in [0.2, 0.25) is 5.75 Å². The van der Waals surface area contributed by atoms with Crippen molar-refractivity contribution >= 4 is 28.4 Å². The molecule has 0 aromatic carbocycles. The average Bonchev–Trinajstić information content (AvgIpc) is 2.14. The van der Waals surface area contributed by atoms with Crippen LogP contribution in [0, 0.1) is 13.7 Å². The van der Waals surface area contributed by atoms with Gasteiger partial charge in [-0.15, -0.1) is 13.2 Å². The Hall–Kier alpha value is -1.33. The Morgan fingerprint density at radius 1 is 1.53 bits per heavy atom. The summed E-state index contributed by atoms with van der Waals surface area (Å²) in [5.74, 6) is -2.18. The molecule has 1 aromatic heterocycles. The van der Waals surface area contributed by atoms with Crippen molar-refractivity contribution in [1.82, 2.24) is 4.98 Å². The van der Waals surface area contributed by atoms with Crippen LogP contribution in [0.4, 0.5) is 19.0 Å². The van der Waals surface area contributed by atoms with Crippen molar-refractivity contribution < 1.29 is 27.6 Å².